The Morgan fingerprint density at radius 2 is 1.93 bits per heavy atom. The van der Waals surface area contributed by atoms with Crippen molar-refractivity contribution in [2.75, 3.05) is 11.0 Å². The highest BCUT2D eigenvalue weighted by atomic mass is 32.3. The van der Waals surface area contributed by atoms with E-state index in [1.807, 2.05) is 6.07 Å². The standard InChI is InChI=1S/C19H28N2O5S/c1-14-19(15(2)26-20-14)21-27(3,24,25)17-11-8-10-16(13-17)9-6-4-5-7-12-18(22)23/h8,10-11,13H,4-7,9,12H2,1-3H3,(H,22,23)(H2,21,24,25). The molecule has 0 amide bonds. The van der Waals surface area contributed by atoms with Crippen molar-refractivity contribution in [2.24, 2.45) is 0 Å². The number of aromatic nitrogens is 1. The maximum Gasteiger partial charge on any atom is 0.303 e. The van der Waals surface area contributed by atoms with Gasteiger partial charge in [0.1, 0.15) is 11.4 Å². The summed E-state index contributed by atoms with van der Waals surface area (Å²) >= 11 is 0. The Hall–Kier alpha value is -2.19. The summed E-state index contributed by atoms with van der Waals surface area (Å²) < 4.78 is 32.0. The summed E-state index contributed by atoms with van der Waals surface area (Å²) in [6.07, 6.45) is 5.64. The van der Waals surface area contributed by atoms with Gasteiger partial charge in [-0.15, -0.1) is 9.53 Å². The molecular formula is C19H28N2O5S. The molecule has 3 N–H and O–H groups in total. The topological polar surface area (TPSA) is 113 Å². The van der Waals surface area contributed by atoms with E-state index in [0.717, 1.165) is 31.2 Å². The monoisotopic (exact) mass is 396 g/mol. The first-order chi connectivity index (χ1) is 12.6. The molecule has 150 valence electrons. The average molecular weight is 397 g/mol. The van der Waals surface area contributed by atoms with E-state index in [0.29, 0.717) is 28.5 Å². The predicted octanol–water partition coefficient (Wildman–Crippen LogP) is 4.18. The van der Waals surface area contributed by atoms with E-state index in [-0.39, 0.29) is 6.42 Å². The fourth-order valence-electron chi connectivity index (χ4n) is 2.89. The van der Waals surface area contributed by atoms with Crippen LogP contribution in [0.1, 0.15) is 49.1 Å². The molecule has 0 spiro atoms. The van der Waals surface area contributed by atoms with Gasteiger partial charge in [-0.2, -0.15) is 4.21 Å². The third kappa shape index (κ3) is 5.90. The summed E-state index contributed by atoms with van der Waals surface area (Å²) in [6.45, 7) is 3.40. The van der Waals surface area contributed by atoms with Crippen molar-refractivity contribution in [3.8, 4) is 0 Å². The lowest BCUT2D eigenvalue weighted by molar-refractivity contribution is -0.137. The normalized spacial score (nSPS) is 13.1. The smallest absolute Gasteiger partial charge is 0.303 e. The van der Waals surface area contributed by atoms with Gasteiger partial charge >= 0.3 is 5.97 Å². The Kier molecular flexibility index (Phi) is 6.43. The predicted molar refractivity (Wildman–Crippen MR) is 105 cm³/mol. The molecular weight excluding hydrogens is 368 g/mol. The number of unbranched alkanes of at least 4 members (excludes halogenated alkanes) is 3. The van der Waals surface area contributed by atoms with Gasteiger partial charge in [-0.1, -0.05) is 30.1 Å². The number of aliphatic carboxylic acids is 1. The Bertz CT molecular complexity index is 849. The fourth-order valence-corrected chi connectivity index (χ4v) is 4.61. The summed E-state index contributed by atoms with van der Waals surface area (Å²) in [5, 5.41) is 12.5. The first kappa shape index (κ1) is 21.1. The van der Waals surface area contributed by atoms with Crippen molar-refractivity contribution in [2.45, 2.75) is 57.3 Å². The lowest BCUT2D eigenvalue weighted by Crippen LogP contribution is -2.39. The van der Waals surface area contributed by atoms with E-state index in [1.165, 1.54) is 6.26 Å². The minimum absolute atomic E-state index is 0.202. The molecule has 2 rings (SSSR count). The van der Waals surface area contributed by atoms with E-state index >= 15 is 0 Å². The van der Waals surface area contributed by atoms with Crippen LogP contribution < -0.4 is 4.72 Å². The van der Waals surface area contributed by atoms with Crippen molar-refractivity contribution in [1.29, 1.82) is 0 Å². The van der Waals surface area contributed by atoms with Crippen molar-refractivity contribution in [1.82, 2.24) is 5.16 Å². The number of nitrogens with one attached hydrogen (secondary N) is 1. The molecule has 2 aromatic rings. The molecule has 0 radical (unpaired) electrons. The molecule has 0 bridgehead atoms. The molecule has 0 fully saturated rings. The zero-order valence-electron chi connectivity index (χ0n) is 16.0. The molecule has 0 aliphatic rings. The third-order valence-corrected chi connectivity index (χ3v) is 6.48. The highest BCUT2D eigenvalue weighted by molar-refractivity contribution is 8.15. The van der Waals surface area contributed by atoms with Crippen LogP contribution >= 0.6 is 0 Å². The van der Waals surface area contributed by atoms with E-state index in [1.54, 1.807) is 32.0 Å². The number of carboxylic acid groups (broad SMARTS) is 1. The SMILES string of the molecule is Cc1noc(C)c1NS(C)(=O)(O)c1cccc(CCCCCCC(=O)O)c1. The van der Waals surface area contributed by atoms with Crippen molar-refractivity contribution in [3.63, 3.8) is 0 Å². The summed E-state index contributed by atoms with van der Waals surface area (Å²) in [5.41, 5.74) is 1.93. The number of nitrogens with zero attached hydrogens (tertiary/aromatic N) is 1. The van der Waals surface area contributed by atoms with Gasteiger partial charge in [0.15, 0.2) is 5.76 Å². The molecule has 0 aliphatic heterocycles. The van der Waals surface area contributed by atoms with Crippen LogP contribution in [0.25, 0.3) is 0 Å². The summed E-state index contributed by atoms with van der Waals surface area (Å²) in [5.74, 6) is -0.305. The van der Waals surface area contributed by atoms with Crippen molar-refractivity contribution < 1.29 is 23.2 Å². The van der Waals surface area contributed by atoms with Gasteiger partial charge in [0.2, 0.25) is 0 Å². The summed E-state index contributed by atoms with van der Waals surface area (Å²) in [4.78, 5) is 10.8. The van der Waals surface area contributed by atoms with Crippen molar-refractivity contribution >= 4 is 21.2 Å². The van der Waals surface area contributed by atoms with Crippen LogP contribution in [-0.2, 0) is 20.7 Å². The molecule has 0 saturated heterocycles. The van der Waals surface area contributed by atoms with Gasteiger partial charge in [-0.25, -0.2) is 0 Å². The molecule has 8 heteroatoms. The van der Waals surface area contributed by atoms with Crippen LogP contribution in [-0.4, -0.2) is 31.2 Å². The highest BCUT2D eigenvalue weighted by Crippen LogP contribution is 2.34. The second kappa shape index (κ2) is 8.22. The van der Waals surface area contributed by atoms with Crippen LogP contribution in [0.3, 0.4) is 0 Å². The largest absolute Gasteiger partial charge is 0.481 e. The minimum atomic E-state index is -4.32. The number of aryl methyl sites for hydroxylation is 3. The number of benzene rings is 1. The molecule has 27 heavy (non-hydrogen) atoms. The number of hydrogen-bond donors (Lipinski definition) is 3. The fraction of sp³-hybridized carbons (Fsp3) is 0.474. The van der Waals surface area contributed by atoms with Crippen LogP contribution in [0.15, 0.2) is 33.7 Å². The lowest BCUT2D eigenvalue weighted by Gasteiger charge is -2.40. The van der Waals surface area contributed by atoms with Gasteiger partial charge in [0.05, 0.1) is 4.90 Å². The van der Waals surface area contributed by atoms with Crippen LogP contribution in [0, 0.1) is 13.8 Å². The third-order valence-electron chi connectivity index (χ3n) is 4.44. The molecule has 1 aromatic heterocycles. The molecule has 0 atom stereocenters. The molecule has 1 aromatic carbocycles. The number of carbonyl (C=O) groups is 1. The van der Waals surface area contributed by atoms with Gasteiger partial charge in [-0.05, 0) is 50.8 Å². The maximum atomic E-state index is 13.3. The second-order valence-corrected chi connectivity index (χ2v) is 10.3. The molecule has 0 saturated carbocycles. The van der Waals surface area contributed by atoms with Crippen LogP contribution in [0.5, 0.6) is 0 Å². The first-order valence-corrected chi connectivity index (χ1v) is 11.3. The molecule has 7 nitrogen and oxygen atoms in total. The minimum Gasteiger partial charge on any atom is -0.481 e. The van der Waals surface area contributed by atoms with E-state index in [4.69, 9.17) is 9.63 Å². The summed E-state index contributed by atoms with van der Waals surface area (Å²) in [7, 11) is -4.32. The molecule has 0 unspecified atom stereocenters. The maximum absolute atomic E-state index is 13.3. The number of carboxylic acids is 1. The zero-order valence-corrected chi connectivity index (χ0v) is 16.8. The Morgan fingerprint density at radius 1 is 1.22 bits per heavy atom. The van der Waals surface area contributed by atoms with Gasteiger partial charge in [0.25, 0.3) is 0 Å². The lowest BCUT2D eigenvalue weighted by atomic mass is 10.1. The zero-order chi connectivity index (χ0) is 20.1. The van der Waals surface area contributed by atoms with E-state index < -0.39 is 15.5 Å². The van der Waals surface area contributed by atoms with Crippen LogP contribution in [0.2, 0.25) is 0 Å². The van der Waals surface area contributed by atoms with Gasteiger partial charge in [-0.3, -0.25) is 14.1 Å². The summed E-state index contributed by atoms with van der Waals surface area (Å²) in [6, 6.07) is 7.09. The Labute approximate surface area is 159 Å². The number of rotatable bonds is 10. The van der Waals surface area contributed by atoms with Crippen LogP contribution in [0.4, 0.5) is 5.69 Å². The Morgan fingerprint density at radius 3 is 2.56 bits per heavy atom. The van der Waals surface area contributed by atoms with E-state index in [2.05, 4.69) is 9.88 Å². The molecule has 0 aliphatic carbocycles. The van der Waals surface area contributed by atoms with E-state index in [9.17, 15) is 13.6 Å². The second-order valence-electron chi connectivity index (χ2n) is 7.04. The number of anilines is 1. The Balaban J connectivity index is 2.04. The van der Waals surface area contributed by atoms with Crippen molar-refractivity contribution in [3.05, 3.63) is 41.3 Å². The highest BCUT2D eigenvalue weighted by Gasteiger charge is 2.27. The molecule has 1 heterocycles. The number of hydrogen-bond acceptors (Lipinski definition) is 4. The van der Waals surface area contributed by atoms with Gasteiger partial charge in [0, 0.05) is 12.7 Å². The first-order valence-electron chi connectivity index (χ1n) is 8.98. The quantitative estimate of drug-likeness (QED) is 0.519. The average Bonchev–Trinajstić information content (AvgIpc) is 2.89. The van der Waals surface area contributed by atoms with Gasteiger partial charge < -0.3 is 9.63 Å².